The summed E-state index contributed by atoms with van der Waals surface area (Å²) in [5.74, 6) is 0.0735. The van der Waals surface area contributed by atoms with Gasteiger partial charge in [0.05, 0.1) is 15.8 Å². The van der Waals surface area contributed by atoms with Crippen molar-refractivity contribution in [3.63, 3.8) is 0 Å². The van der Waals surface area contributed by atoms with E-state index in [0.29, 0.717) is 21.5 Å². The van der Waals surface area contributed by atoms with Gasteiger partial charge in [-0.2, -0.15) is 0 Å². The molecule has 2 aromatic rings. The van der Waals surface area contributed by atoms with E-state index in [1.165, 1.54) is 23.9 Å². The zero-order chi connectivity index (χ0) is 15.0. The quantitative estimate of drug-likeness (QED) is 0.773. The Morgan fingerprint density at radius 1 is 1.10 bits per heavy atom. The Hall–Kier alpha value is -1.23. The van der Waals surface area contributed by atoms with Crippen LogP contribution in [0.4, 0.5) is 10.1 Å². The molecule has 0 spiro atoms. The first-order valence-corrected chi connectivity index (χ1v) is 8.01. The van der Waals surface area contributed by atoms with E-state index < -0.39 is 0 Å². The largest absolute Gasteiger partial charge is 0.295 e. The second kappa shape index (κ2) is 5.87. The highest BCUT2D eigenvalue weighted by molar-refractivity contribution is 8.00. The molecular weight excluding hydrogens is 332 g/mol. The summed E-state index contributed by atoms with van der Waals surface area (Å²) < 4.78 is 13.0. The number of amides is 1. The molecule has 0 aromatic heterocycles. The third kappa shape index (κ3) is 2.89. The van der Waals surface area contributed by atoms with E-state index in [9.17, 15) is 9.18 Å². The van der Waals surface area contributed by atoms with Crippen LogP contribution in [0, 0.1) is 5.82 Å². The van der Waals surface area contributed by atoms with Gasteiger partial charge in [-0.15, -0.1) is 11.8 Å². The lowest BCUT2D eigenvalue weighted by Crippen LogP contribution is -2.27. The SMILES string of the molecule is O=C1CS[C@H](c2ccc(F)cc2)N1c1ccc(Cl)c(Cl)c1. The zero-order valence-corrected chi connectivity index (χ0v) is 13.1. The van der Waals surface area contributed by atoms with Crippen molar-refractivity contribution in [3.05, 3.63) is 63.9 Å². The van der Waals surface area contributed by atoms with Crippen molar-refractivity contribution < 1.29 is 9.18 Å². The summed E-state index contributed by atoms with van der Waals surface area (Å²) in [6.07, 6.45) is 0. The third-order valence-electron chi connectivity index (χ3n) is 3.20. The van der Waals surface area contributed by atoms with Gasteiger partial charge >= 0.3 is 0 Å². The van der Waals surface area contributed by atoms with Gasteiger partial charge in [0.1, 0.15) is 11.2 Å². The lowest BCUT2D eigenvalue weighted by Gasteiger charge is -2.24. The Balaban J connectivity index is 1.99. The summed E-state index contributed by atoms with van der Waals surface area (Å²) in [5.41, 5.74) is 1.56. The van der Waals surface area contributed by atoms with Gasteiger partial charge in [-0.05, 0) is 35.9 Å². The van der Waals surface area contributed by atoms with E-state index in [1.807, 2.05) is 0 Å². The smallest absolute Gasteiger partial charge is 0.238 e. The minimum Gasteiger partial charge on any atom is -0.295 e. The predicted molar refractivity (Wildman–Crippen MR) is 85.5 cm³/mol. The second-order valence-corrected chi connectivity index (χ2v) is 6.46. The van der Waals surface area contributed by atoms with Gasteiger partial charge in [-0.3, -0.25) is 9.69 Å². The first-order chi connectivity index (χ1) is 10.1. The highest BCUT2D eigenvalue weighted by atomic mass is 35.5. The monoisotopic (exact) mass is 341 g/mol. The van der Waals surface area contributed by atoms with Gasteiger partial charge in [-0.1, -0.05) is 35.3 Å². The normalized spacial score (nSPS) is 18.3. The molecule has 0 bridgehead atoms. The molecule has 1 saturated heterocycles. The minimum absolute atomic E-state index is 0.00675. The molecule has 108 valence electrons. The molecule has 1 fully saturated rings. The van der Waals surface area contributed by atoms with Gasteiger partial charge in [0.25, 0.3) is 0 Å². The Morgan fingerprint density at radius 3 is 2.48 bits per heavy atom. The lowest BCUT2D eigenvalue weighted by molar-refractivity contribution is -0.115. The number of anilines is 1. The Morgan fingerprint density at radius 2 is 1.81 bits per heavy atom. The number of hydrogen-bond acceptors (Lipinski definition) is 2. The summed E-state index contributed by atoms with van der Waals surface area (Å²) in [5, 5.41) is 0.658. The van der Waals surface area contributed by atoms with Crippen LogP contribution in [0.1, 0.15) is 10.9 Å². The van der Waals surface area contributed by atoms with Crippen LogP contribution in [0.25, 0.3) is 0 Å². The second-order valence-electron chi connectivity index (χ2n) is 4.58. The number of nitrogens with zero attached hydrogens (tertiary/aromatic N) is 1. The highest BCUT2D eigenvalue weighted by Gasteiger charge is 2.34. The molecule has 1 amide bonds. The van der Waals surface area contributed by atoms with Crippen molar-refractivity contribution in [2.24, 2.45) is 0 Å². The molecule has 0 saturated carbocycles. The molecule has 0 aliphatic carbocycles. The number of hydrogen-bond donors (Lipinski definition) is 0. The standard InChI is InChI=1S/C15H10Cl2FNOS/c16-12-6-5-11(7-13(12)17)19-14(20)8-21-15(19)9-1-3-10(18)4-2-9/h1-7,15H,8H2/t15-/m1/s1. The third-order valence-corrected chi connectivity index (χ3v) is 5.16. The summed E-state index contributed by atoms with van der Waals surface area (Å²) in [6, 6.07) is 11.3. The van der Waals surface area contributed by atoms with Gasteiger partial charge in [-0.25, -0.2) is 4.39 Å². The molecule has 0 unspecified atom stereocenters. The zero-order valence-electron chi connectivity index (χ0n) is 10.7. The van der Waals surface area contributed by atoms with Crippen molar-refractivity contribution in [3.8, 4) is 0 Å². The maximum atomic E-state index is 13.0. The van der Waals surface area contributed by atoms with Gasteiger partial charge in [0.15, 0.2) is 0 Å². The summed E-state index contributed by atoms with van der Waals surface area (Å²) in [4.78, 5) is 13.8. The van der Waals surface area contributed by atoms with Crippen LogP contribution in [0.5, 0.6) is 0 Å². The molecule has 1 heterocycles. The van der Waals surface area contributed by atoms with Gasteiger partial charge in [0.2, 0.25) is 5.91 Å². The number of halogens is 3. The Labute approximate surface area is 135 Å². The molecule has 6 heteroatoms. The summed E-state index contributed by atoms with van der Waals surface area (Å²) in [7, 11) is 0. The average molecular weight is 342 g/mol. The topological polar surface area (TPSA) is 20.3 Å². The van der Waals surface area contributed by atoms with Crippen LogP contribution in [0.3, 0.4) is 0 Å². The average Bonchev–Trinajstić information content (AvgIpc) is 2.85. The highest BCUT2D eigenvalue weighted by Crippen LogP contribution is 2.42. The van der Waals surface area contributed by atoms with Crippen LogP contribution in [-0.4, -0.2) is 11.7 Å². The van der Waals surface area contributed by atoms with E-state index in [2.05, 4.69) is 0 Å². The Bertz CT molecular complexity index is 693. The Kier molecular flexibility index (Phi) is 4.11. The van der Waals surface area contributed by atoms with Crippen LogP contribution in [0.15, 0.2) is 42.5 Å². The molecule has 2 nitrogen and oxygen atoms in total. The fraction of sp³-hybridized carbons (Fsp3) is 0.133. The van der Waals surface area contributed by atoms with Crippen LogP contribution in [0.2, 0.25) is 10.0 Å². The van der Waals surface area contributed by atoms with Gasteiger partial charge < -0.3 is 0 Å². The van der Waals surface area contributed by atoms with E-state index in [0.717, 1.165) is 5.56 Å². The molecular formula is C15H10Cl2FNOS. The first kappa shape index (κ1) is 14.7. The summed E-state index contributed by atoms with van der Waals surface area (Å²) >= 11 is 13.4. The summed E-state index contributed by atoms with van der Waals surface area (Å²) in [6.45, 7) is 0. The van der Waals surface area contributed by atoms with Crippen molar-refractivity contribution in [2.45, 2.75) is 5.37 Å². The minimum atomic E-state index is -0.297. The van der Waals surface area contributed by atoms with Crippen molar-refractivity contribution in [1.82, 2.24) is 0 Å². The van der Waals surface area contributed by atoms with Crippen LogP contribution >= 0.6 is 35.0 Å². The molecule has 1 aliphatic rings. The molecule has 1 atom stereocenters. The van der Waals surface area contributed by atoms with E-state index in [4.69, 9.17) is 23.2 Å². The molecule has 3 rings (SSSR count). The van der Waals surface area contributed by atoms with Gasteiger partial charge in [0, 0.05) is 5.69 Å². The first-order valence-electron chi connectivity index (χ1n) is 6.20. The molecule has 21 heavy (non-hydrogen) atoms. The van der Waals surface area contributed by atoms with E-state index in [1.54, 1.807) is 35.2 Å². The number of carbonyl (C=O) groups is 1. The van der Waals surface area contributed by atoms with Crippen molar-refractivity contribution in [2.75, 3.05) is 10.7 Å². The van der Waals surface area contributed by atoms with E-state index >= 15 is 0 Å². The fourth-order valence-electron chi connectivity index (χ4n) is 2.21. The number of carbonyl (C=O) groups excluding carboxylic acids is 1. The van der Waals surface area contributed by atoms with Crippen LogP contribution < -0.4 is 4.90 Å². The van der Waals surface area contributed by atoms with Crippen molar-refractivity contribution in [1.29, 1.82) is 0 Å². The van der Waals surface area contributed by atoms with Crippen molar-refractivity contribution >= 4 is 46.6 Å². The molecule has 0 N–H and O–H groups in total. The molecule has 0 radical (unpaired) electrons. The van der Waals surface area contributed by atoms with E-state index in [-0.39, 0.29) is 17.1 Å². The number of rotatable bonds is 2. The molecule has 1 aliphatic heterocycles. The molecule has 2 aromatic carbocycles. The number of thioether (sulfide) groups is 1. The van der Waals surface area contributed by atoms with Crippen LogP contribution in [-0.2, 0) is 4.79 Å². The maximum absolute atomic E-state index is 13.0. The predicted octanol–water partition coefficient (Wildman–Crippen LogP) is 4.91. The number of benzene rings is 2. The lowest BCUT2D eigenvalue weighted by atomic mass is 10.2. The maximum Gasteiger partial charge on any atom is 0.238 e. The fourth-order valence-corrected chi connectivity index (χ4v) is 3.68.